The first-order valence-electron chi connectivity index (χ1n) is 6.98. The minimum Gasteiger partial charge on any atom is -0.368 e. The molecule has 0 radical (unpaired) electrons. The number of carbonyl (C=O) groups excluding carboxylic acids is 1. The average molecular weight is 366 g/mol. The van der Waals surface area contributed by atoms with Crippen molar-refractivity contribution in [1.29, 1.82) is 0 Å². The number of thioether (sulfide) groups is 1. The summed E-state index contributed by atoms with van der Waals surface area (Å²) in [5.41, 5.74) is 6.39. The van der Waals surface area contributed by atoms with Crippen LogP contribution in [0.25, 0.3) is 10.7 Å². The highest BCUT2D eigenvalue weighted by Crippen LogP contribution is 2.29. The third kappa shape index (κ3) is 3.80. The van der Waals surface area contributed by atoms with Crippen molar-refractivity contribution in [1.82, 2.24) is 19.7 Å². The van der Waals surface area contributed by atoms with Crippen LogP contribution < -0.4 is 5.73 Å². The van der Waals surface area contributed by atoms with Gasteiger partial charge in [0.1, 0.15) is 6.54 Å². The van der Waals surface area contributed by atoms with Crippen molar-refractivity contribution in [3.63, 3.8) is 0 Å². The zero-order valence-corrected chi connectivity index (χ0v) is 14.9. The molecule has 9 heteroatoms. The minimum atomic E-state index is -0.411. The third-order valence-electron chi connectivity index (χ3n) is 3.02. The summed E-state index contributed by atoms with van der Waals surface area (Å²) in [4.78, 5) is 16.9. The first-order valence-corrected chi connectivity index (χ1v) is 9.73. The van der Waals surface area contributed by atoms with Crippen LogP contribution in [0.4, 0.5) is 0 Å². The normalized spacial score (nSPS) is 11.0. The second kappa shape index (κ2) is 7.24. The average Bonchev–Trinajstić information content (AvgIpc) is 3.25. The van der Waals surface area contributed by atoms with Crippen LogP contribution in [0.15, 0.2) is 28.0 Å². The summed E-state index contributed by atoms with van der Waals surface area (Å²) in [5, 5.41) is 14.3. The summed E-state index contributed by atoms with van der Waals surface area (Å²) in [6.07, 6.45) is 0.940. The first-order chi connectivity index (χ1) is 11.2. The quantitative estimate of drug-likeness (QED) is 0.651. The van der Waals surface area contributed by atoms with Crippen molar-refractivity contribution in [2.75, 3.05) is 0 Å². The standard InChI is InChI=1S/C14H15N5OS3/c1-2-12-16-9(7-22-12)8-23-14-18-17-13(10-4-3-5-21-10)19(14)6-11(15)20/h3-5,7H,2,6,8H2,1H3,(H2,15,20). The number of amides is 1. The van der Waals surface area contributed by atoms with Crippen molar-refractivity contribution in [3.8, 4) is 10.7 Å². The number of thiophene rings is 1. The highest BCUT2D eigenvalue weighted by Gasteiger charge is 2.17. The van der Waals surface area contributed by atoms with Gasteiger partial charge in [0.05, 0.1) is 15.6 Å². The number of thiazole rings is 1. The predicted molar refractivity (Wildman–Crippen MR) is 93.6 cm³/mol. The van der Waals surface area contributed by atoms with Gasteiger partial charge in [-0.2, -0.15) is 0 Å². The van der Waals surface area contributed by atoms with E-state index in [-0.39, 0.29) is 6.54 Å². The van der Waals surface area contributed by atoms with Crippen molar-refractivity contribution < 1.29 is 4.79 Å². The zero-order chi connectivity index (χ0) is 16.2. The number of primary amides is 1. The van der Waals surface area contributed by atoms with Gasteiger partial charge >= 0.3 is 0 Å². The maximum Gasteiger partial charge on any atom is 0.237 e. The van der Waals surface area contributed by atoms with Gasteiger partial charge in [-0.25, -0.2) is 4.98 Å². The number of aromatic nitrogens is 4. The summed E-state index contributed by atoms with van der Waals surface area (Å²) < 4.78 is 1.77. The number of carbonyl (C=O) groups is 1. The molecule has 0 atom stereocenters. The van der Waals surface area contributed by atoms with Crippen LogP contribution in [-0.2, 0) is 23.5 Å². The Morgan fingerprint density at radius 1 is 1.39 bits per heavy atom. The Bertz CT molecular complexity index is 793. The summed E-state index contributed by atoms with van der Waals surface area (Å²) in [5.74, 6) is 0.956. The van der Waals surface area contributed by atoms with E-state index in [2.05, 4.69) is 27.5 Å². The number of nitrogens with zero attached hydrogens (tertiary/aromatic N) is 4. The molecular weight excluding hydrogens is 350 g/mol. The van der Waals surface area contributed by atoms with Crippen LogP contribution in [0.1, 0.15) is 17.6 Å². The summed E-state index contributed by atoms with van der Waals surface area (Å²) in [7, 11) is 0. The Hall–Kier alpha value is -1.71. The second-order valence-electron chi connectivity index (χ2n) is 4.71. The summed E-state index contributed by atoms with van der Waals surface area (Å²) in [6.45, 7) is 2.16. The number of aryl methyl sites for hydroxylation is 1. The molecule has 3 heterocycles. The van der Waals surface area contributed by atoms with Crippen LogP contribution in [0.2, 0.25) is 0 Å². The van der Waals surface area contributed by atoms with Gasteiger partial charge in [-0.3, -0.25) is 9.36 Å². The fourth-order valence-corrected chi connectivity index (χ4v) is 4.40. The van der Waals surface area contributed by atoms with E-state index in [0.717, 1.165) is 22.0 Å². The van der Waals surface area contributed by atoms with Crippen molar-refractivity contribution >= 4 is 40.3 Å². The predicted octanol–water partition coefficient (Wildman–Crippen LogP) is 2.80. The van der Waals surface area contributed by atoms with Crippen molar-refractivity contribution in [3.05, 3.63) is 33.6 Å². The topological polar surface area (TPSA) is 86.7 Å². The van der Waals surface area contributed by atoms with Gasteiger partial charge in [0.15, 0.2) is 11.0 Å². The molecule has 1 amide bonds. The van der Waals surface area contributed by atoms with Crippen molar-refractivity contribution in [2.45, 2.75) is 30.8 Å². The molecule has 0 aliphatic heterocycles. The van der Waals surface area contributed by atoms with Gasteiger partial charge in [0.25, 0.3) is 0 Å². The van der Waals surface area contributed by atoms with Gasteiger partial charge in [-0.15, -0.1) is 32.9 Å². The van der Waals surface area contributed by atoms with Crippen LogP contribution in [0, 0.1) is 0 Å². The molecule has 120 valence electrons. The monoisotopic (exact) mass is 365 g/mol. The molecule has 0 aliphatic carbocycles. The molecule has 0 aromatic carbocycles. The van der Waals surface area contributed by atoms with Gasteiger partial charge in [-0.1, -0.05) is 24.8 Å². The number of hydrogen-bond donors (Lipinski definition) is 1. The fourth-order valence-electron chi connectivity index (χ4n) is 2.00. The fraction of sp³-hybridized carbons (Fsp3) is 0.286. The molecule has 2 N–H and O–H groups in total. The smallest absolute Gasteiger partial charge is 0.237 e. The molecule has 23 heavy (non-hydrogen) atoms. The molecule has 0 saturated carbocycles. The lowest BCUT2D eigenvalue weighted by Crippen LogP contribution is -2.19. The highest BCUT2D eigenvalue weighted by atomic mass is 32.2. The second-order valence-corrected chi connectivity index (χ2v) is 7.54. The van der Waals surface area contributed by atoms with E-state index in [1.54, 1.807) is 27.2 Å². The number of rotatable bonds is 7. The first kappa shape index (κ1) is 16.2. The van der Waals surface area contributed by atoms with E-state index in [4.69, 9.17) is 5.73 Å². The molecular formula is C14H15N5OS3. The van der Waals surface area contributed by atoms with Crippen molar-refractivity contribution in [2.24, 2.45) is 5.73 Å². The van der Waals surface area contributed by atoms with Gasteiger partial charge in [0, 0.05) is 11.1 Å². The molecule has 6 nitrogen and oxygen atoms in total. The van der Waals surface area contributed by atoms with Crippen LogP contribution in [0.3, 0.4) is 0 Å². The molecule has 0 spiro atoms. The van der Waals surface area contributed by atoms with Crippen LogP contribution in [-0.4, -0.2) is 25.7 Å². The molecule has 0 unspecified atom stereocenters. The summed E-state index contributed by atoms with van der Waals surface area (Å²) >= 11 is 4.73. The number of hydrogen-bond acceptors (Lipinski definition) is 7. The van der Waals surface area contributed by atoms with E-state index >= 15 is 0 Å². The van der Waals surface area contributed by atoms with E-state index in [1.165, 1.54) is 11.8 Å². The molecule has 0 fully saturated rings. The molecule has 0 saturated heterocycles. The van der Waals surface area contributed by atoms with Crippen LogP contribution in [0.5, 0.6) is 0 Å². The van der Waals surface area contributed by atoms with Gasteiger partial charge in [0.2, 0.25) is 5.91 Å². The van der Waals surface area contributed by atoms with Gasteiger partial charge < -0.3 is 5.73 Å². The maximum atomic E-state index is 11.4. The molecule has 0 bridgehead atoms. The number of nitrogens with two attached hydrogens (primary N) is 1. The van der Waals surface area contributed by atoms with E-state index < -0.39 is 5.91 Å². The molecule has 3 aromatic heterocycles. The lowest BCUT2D eigenvalue weighted by Gasteiger charge is -2.06. The molecule has 3 aromatic rings. The Kier molecular flexibility index (Phi) is 5.09. The maximum absolute atomic E-state index is 11.4. The van der Waals surface area contributed by atoms with E-state index in [9.17, 15) is 4.79 Å². The minimum absolute atomic E-state index is 0.0693. The van der Waals surface area contributed by atoms with E-state index in [0.29, 0.717) is 16.7 Å². The SMILES string of the molecule is CCc1nc(CSc2nnc(-c3cccs3)n2CC(N)=O)cs1. The van der Waals surface area contributed by atoms with Crippen LogP contribution >= 0.6 is 34.4 Å². The third-order valence-corrected chi connectivity index (χ3v) is 5.93. The Morgan fingerprint density at radius 3 is 2.91 bits per heavy atom. The zero-order valence-electron chi connectivity index (χ0n) is 12.4. The molecule has 0 aliphatic rings. The lowest BCUT2D eigenvalue weighted by molar-refractivity contribution is -0.118. The largest absolute Gasteiger partial charge is 0.368 e. The molecule has 3 rings (SSSR count). The lowest BCUT2D eigenvalue weighted by atomic mass is 10.4. The Labute approximate surface area is 145 Å². The Balaban J connectivity index is 1.82. The Morgan fingerprint density at radius 2 is 2.26 bits per heavy atom. The highest BCUT2D eigenvalue weighted by molar-refractivity contribution is 7.98. The summed E-state index contributed by atoms with van der Waals surface area (Å²) in [6, 6.07) is 3.90. The van der Waals surface area contributed by atoms with Gasteiger partial charge in [-0.05, 0) is 17.9 Å². The van der Waals surface area contributed by atoms with E-state index in [1.807, 2.05) is 17.5 Å².